The van der Waals surface area contributed by atoms with Crippen molar-refractivity contribution in [3.8, 4) is 6.07 Å². The molecule has 0 aromatic heterocycles. The van der Waals surface area contributed by atoms with E-state index >= 15 is 0 Å². The van der Waals surface area contributed by atoms with E-state index in [2.05, 4.69) is 5.32 Å². The Morgan fingerprint density at radius 2 is 1.86 bits per heavy atom. The molecule has 0 unspecified atom stereocenters. The molecule has 0 saturated heterocycles. The highest BCUT2D eigenvalue weighted by Gasteiger charge is 2.10. The lowest BCUT2D eigenvalue weighted by atomic mass is 10.1. The molecule has 2 rings (SSSR count). The van der Waals surface area contributed by atoms with Crippen molar-refractivity contribution in [1.29, 1.82) is 5.26 Å². The molecule has 21 heavy (non-hydrogen) atoms. The van der Waals surface area contributed by atoms with Gasteiger partial charge in [-0.1, -0.05) is 6.07 Å². The molecule has 0 heterocycles. The van der Waals surface area contributed by atoms with Crippen molar-refractivity contribution in [2.45, 2.75) is 6.42 Å². The van der Waals surface area contributed by atoms with Crippen molar-refractivity contribution in [3.63, 3.8) is 0 Å². The van der Waals surface area contributed by atoms with Gasteiger partial charge in [0.05, 0.1) is 12.0 Å². The summed E-state index contributed by atoms with van der Waals surface area (Å²) in [5.41, 5.74) is 0.0535. The van der Waals surface area contributed by atoms with Gasteiger partial charge in [-0.25, -0.2) is 13.2 Å². The van der Waals surface area contributed by atoms with Crippen molar-refractivity contribution >= 4 is 11.6 Å². The lowest BCUT2D eigenvalue weighted by Crippen LogP contribution is -2.15. The molecule has 1 amide bonds. The molecule has 0 aliphatic carbocycles. The number of nitriles is 1. The zero-order valence-electron chi connectivity index (χ0n) is 10.7. The molecule has 0 aliphatic heterocycles. The Balaban J connectivity index is 2.10. The summed E-state index contributed by atoms with van der Waals surface area (Å²) in [4.78, 5) is 11.8. The first kappa shape index (κ1) is 14.6. The number of benzene rings is 2. The van der Waals surface area contributed by atoms with E-state index in [0.717, 1.165) is 12.1 Å². The van der Waals surface area contributed by atoms with E-state index in [0.29, 0.717) is 6.07 Å². The minimum atomic E-state index is -0.818. The summed E-state index contributed by atoms with van der Waals surface area (Å²) >= 11 is 0. The van der Waals surface area contributed by atoms with E-state index < -0.39 is 23.4 Å². The summed E-state index contributed by atoms with van der Waals surface area (Å²) in [6.45, 7) is 0. The van der Waals surface area contributed by atoms with E-state index in [1.807, 2.05) is 0 Å². The smallest absolute Gasteiger partial charge is 0.228 e. The Labute approximate surface area is 118 Å². The first-order chi connectivity index (χ1) is 9.99. The number of hydrogen-bond acceptors (Lipinski definition) is 2. The third-order valence-electron chi connectivity index (χ3n) is 2.74. The molecule has 2 aromatic rings. The van der Waals surface area contributed by atoms with Crippen LogP contribution in [0, 0.1) is 28.8 Å². The summed E-state index contributed by atoms with van der Waals surface area (Å²) in [6.07, 6.45) is -0.300. The summed E-state index contributed by atoms with van der Waals surface area (Å²) in [7, 11) is 0. The van der Waals surface area contributed by atoms with Gasteiger partial charge in [-0.05, 0) is 29.8 Å². The average Bonchev–Trinajstić information content (AvgIpc) is 2.44. The van der Waals surface area contributed by atoms with E-state index in [-0.39, 0.29) is 23.2 Å². The van der Waals surface area contributed by atoms with E-state index in [9.17, 15) is 18.0 Å². The topological polar surface area (TPSA) is 52.9 Å². The van der Waals surface area contributed by atoms with Crippen LogP contribution in [0.25, 0.3) is 0 Å². The molecular weight excluding hydrogens is 281 g/mol. The molecular formula is C15H9F3N2O. The molecule has 1 N–H and O–H groups in total. The van der Waals surface area contributed by atoms with Gasteiger partial charge in [0.2, 0.25) is 5.91 Å². The lowest BCUT2D eigenvalue weighted by molar-refractivity contribution is -0.115. The highest BCUT2D eigenvalue weighted by molar-refractivity contribution is 5.92. The zero-order valence-corrected chi connectivity index (χ0v) is 10.7. The molecule has 0 saturated carbocycles. The fourth-order valence-electron chi connectivity index (χ4n) is 1.73. The number of nitrogens with one attached hydrogen (secondary N) is 1. The van der Waals surface area contributed by atoms with Crippen LogP contribution in [0.1, 0.15) is 11.1 Å². The summed E-state index contributed by atoms with van der Waals surface area (Å²) in [5, 5.41) is 11.1. The lowest BCUT2D eigenvalue weighted by Gasteiger charge is -2.07. The predicted molar refractivity (Wildman–Crippen MR) is 69.8 cm³/mol. The summed E-state index contributed by atoms with van der Waals surface area (Å²) in [6, 6.07) is 8.07. The summed E-state index contributed by atoms with van der Waals surface area (Å²) in [5.74, 6) is -2.80. The third-order valence-corrected chi connectivity index (χ3v) is 2.74. The number of halogens is 3. The van der Waals surface area contributed by atoms with Crippen LogP contribution in [0.15, 0.2) is 36.4 Å². The normalized spacial score (nSPS) is 10.0. The van der Waals surface area contributed by atoms with E-state index in [4.69, 9.17) is 5.26 Å². The maximum absolute atomic E-state index is 13.4. The molecule has 2 aromatic carbocycles. The van der Waals surface area contributed by atoms with Gasteiger partial charge in [0.1, 0.15) is 23.5 Å². The predicted octanol–water partition coefficient (Wildman–Crippen LogP) is 3.16. The van der Waals surface area contributed by atoms with E-state index in [1.54, 1.807) is 6.07 Å². The fraction of sp³-hybridized carbons (Fsp3) is 0.0667. The van der Waals surface area contributed by atoms with Crippen LogP contribution in [-0.4, -0.2) is 5.91 Å². The van der Waals surface area contributed by atoms with Crippen molar-refractivity contribution in [1.82, 2.24) is 0 Å². The van der Waals surface area contributed by atoms with Gasteiger partial charge in [-0.2, -0.15) is 5.26 Å². The monoisotopic (exact) mass is 290 g/mol. The fourth-order valence-corrected chi connectivity index (χ4v) is 1.73. The molecule has 0 spiro atoms. The number of amides is 1. The van der Waals surface area contributed by atoms with Crippen LogP contribution in [0.4, 0.5) is 18.9 Å². The zero-order chi connectivity index (χ0) is 15.4. The Kier molecular flexibility index (Phi) is 4.24. The second-order valence-corrected chi connectivity index (χ2v) is 4.27. The Morgan fingerprint density at radius 1 is 1.10 bits per heavy atom. The van der Waals surface area contributed by atoms with Gasteiger partial charge in [0.15, 0.2) is 0 Å². The molecule has 0 radical (unpaired) electrons. The van der Waals surface area contributed by atoms with Crippen molar-refractivity contribution in [2.24, 2.45) is 0 Å². The van der Waals surface area contributed by atoms with Crippen molar-refractivity contribution < 1.29 is 18.0 Å². The van der Waals surface area contributed by atoms with Gasteiger partial charge >= 0.3 is 0 Å². The number of carbonyl (C=O) groups excluding carboxylic acids is 1. The van der Waals surface area contributed by atoms with Gasteiger partial charge in [0.25, 0.3) is 0 Å². The summed E-state index contributed by atoms with van der Waals surface area (Å²) < 4.78 is 39.3. The maximum atomic E-state index is 13.4. The maximum Gasteiger partial charge on any atom is 0.228 e. The van der Waals surface area contributed by atoms with Crippen LogP contribution < -0.4 is 5.32 Å². The number of nitrogens with zero attached hydrogens (tertiary/aromatic N) is 1. The number of hydrogen-bond donors (Lipinski definition) is 1. The van der Waals surface area contributed by atoms with Crippen LogP contribution in [-0.2, 0) is 11.2 Å². The van der Waals surface area contributed by atoms with Crippen LogP contribution >= 0.6 is 0 Å². The van der Waals surface area contributed by atoms with Gasteiger partial charge in [-0.3, -0.25) is 4.79 Å². The molecule has 106 valence electrons. The van der Waals surface area contributed by atoms with Gasteiger partial charge < -0.3 is 5.32 Å². The number of carbonyl (C=O) groups is 1. The molecule has 6 heteroatoms. The Hall–Kier alpha value is -2.81. The number of rotatable bonds is 3. The van der Waals surface area contributed by atoms with Crippen molar-refractivity contribution in [2.75, 3.05) is 5.32 Å². The highest BCUT2D eigenvalue weighted by atomic mass is 19.1. The minimum absolute atomic E-state index is 0.0384. The average molecular weight is 290 g/mol. The Bertz CT molecular complexity index is 738. The van der Waals surface area contributed by atoms with E-state index in [1.165, 1.54) is 18.2 Å². The van der Waals surface area contributed by atoms with Gasteiger partial charge in [0, 0.05) is 11.8 Å². The second kappa shape index (κ2) is 6.09. The minimum Gasteiger partial charge on any atom is -0.326 e. The molecule has 0 atom stereocenters. The van der Waals surface area contributed by atoms with Gasteiger partial charge in [-0.15, -0.1) is 0 Å². The van der Waals surface area contributed by atoms with Crippen molar-refractivity contribution in [3.05, 3.63) is 65.0 Å². The van der Waals surface area contributed by atoms with Crippen LogP contribution in [0.3, 0.4) is 0 Å². The Morgan fingerprint density at radius 3 is 2.52 bits per heavy atom. The standard InChI is InChI=1S/C15H9F3N2O/c16-11-2-1-9(14(18)7-11)6-15(21)20-12-3-4-13(17)10(5-12)8-19/h1-5,7H,6H2,(H,20,21). The van der Waals surface area contributed by atoms with Crippen LogP contribution in [0.2, 0.25) is 0 Å². The molecule has 0 aliphatic rings. The largest absolute Gasteiger partial charge is 0.326 e. The van der Waals surface area contributed by atoms with Crippen LogP contribution in [0.5, 0.6) is 0 Å². The quantitative estimate of drug-likeness (QED) is 0.944. The molecule has 0 bridgehead atoms. The SMILES string of the molecule is N#Cc1cc(NC(=O)Cc2ccc(F)cc2F)ccc1F. The second-order valence-electron chi connectivity index (χ2n) is 4.27. The first-order valence-corrected chi connectivity index (χ1v) is 5.93. The third kappa shape index (κ3) is 3.60. The molecule has 3 nitrogen and oxygen atoms in total. The number of anilines is 1. The molecule has 0 fully saturated rings. The highest BCUT2D eigenvalue weighted by Crippen LogP contribution is 2.15. The first-order valence-electron chi connectivity index (χ1n) is 5.93.